The molecule has 1 N–H and O–H groups in total. The lowest BCUT2D eigenvalue weighted by Crippen LogP contribution is -2.52. The van der Waals surface area contributed by atoms with Gasteiger partial charge in [0.2, 0.25) is 0 Å². The summed E-state index contributed by atoms with van der Waals surface area (Å²) in [4.78, 5) is 12.2. The third kappa shape index (κ3) is 3.47. The van der Waals surface area contributed by atoms with Gasteiger partial charge < -0.3 is 5.32 Å². The zero-order valence-corrected chi connectivity index (χ0v) is 11.8. The molecule has 0 heterocycles. The first-order valence-corrected chi connectivity index (χ1v) is 7.22. The van der Waals surface area contributed by atoms with E-state index in [4.69, 9.17) is 11.6 Å². The van der Waals surface area contributed by atoms with Gasteiger partial charge in [0.05, 0.1) is 5.54 Å². The van der Waals surface area contributed by atoms with Crippen LogP contribution in [0.3, 0.4) is 0 Å². The smallest absolute Gasteiger partial charge is 0.251 e. The largest absolute Gasteiger partial charge is 0.345 e. The fourth-order valence-corrected chi connectivity index (χ4v) is 3.18. The van der Waals surface area contributed by atoms with E-state index in [-0.39, 0.29) is 11.4 Å². The number of rotatable bonds is 3. The molecule has 1 aromatic carbocycles. The van der Waals surface area contributed by atoms with Crippen LogP contribution in [0.1, 0.15) is 43.0 Å². The molecule has 1 fully saturated rings. The summed E-state index contributed by atoms with van der Waals surface area (Å²) in [7, 11) is 0. The van der Waals surface area contributed by atoms with Crippen LogP contribution in [0, 0.1) is 11.7 Å². The molecular formula is C15H19ClFNO. The molecule has 0 bridgehead atoms. The second-order valence-corrected chi connectivity index (χ2v) is 5.85. The predicted molar refractivity (Wildman–Crippen MR) is 74.9 cm³/mol. The molecule has 1 amide bonds. The molecule has 0 aliphatic heterocycles. The minimum Gasteiger partial charge on any atom is -0.345 e. The Kier molecular flexibility index (Phi) is 4.46. The number of hydrogen-bond donors (Lipinski definition) is 1. The number of nitrogens with one attached hydrogen (secondary N) is 1. The second kappa shape index (κ2) is 5.91. The van der Waals surface area contributed by atoms with E-state index >= 15 is 0 Å². The fourth-order valence-electron chi connectivity index (χ4n) is 2.87. The molecule has 0 spiro atoms. The van der Waals surface area contributed by atoms with Crippen LogP contribution in [0.2, 0.25) is 0 Å². The van der Waals surface area contributed by atoms with Gasteiger partial charge in [-0.15, -0.1) is 11.6 Å². The molecule has 0 aromatic heterocycles. The van der Waals surface area contributed by atoms with E-state index in [9.17, 15) is 9.18 Å². The summed E-state index contributed by atoms with van der Waals surface area (Å²) < 4.78 is 13.1. The van der Waals surface area contributed by atoms with Gasteiger partial charge in [-0.25, -0.2) is 4.39 Å². The van der Waals surface area contributed by atoms with Gasteiger partial charge in [0.25, 0.3) is 5.91 Å². The highest BCUT2D eigenvalue weighted by molar-refractivity contribution is 6.19. The highest BCUT2D eigenvalue weighted by Gasteiger charge is 2.35. The van der Waals surface area contributed by atoms with Crippen molar-refractivity contribution in [1.29, 1.82) is 0 Å². The van der Waals surface area contributed by atoms with Gasteiger partial charge in [0.1, 0.15) is 5.82 Å². The molecular weight excluding hydrogens is 265 g/mol. The molecule has 1 aliphatic carbocycles. The standard InChI is InChI=1S/C15H19ClFNO/c1-11-4-3-7-15(9-11,10-16)18-14(19)12-5-2-6-13(17)8-12/h2,5-6,8,11H,3-4,7,9-10H2,1H3,(H,18,19). The Balaban J connectivity index is 2.12. The quantitative estimate of drug-likeness (QED) is 0.841. The predicted octanol–water partition coefficient (Wildman–Crippen LogP) is 3.74. The van der Waals surface area contributed by atoms with Crippen molar-refractivity contribution in [3.8, 4) is 0 Å². The maximum Gasteiger partial charge on any atom is 0.251 e. The Morgan fingerprint density at radius 3 is 3.00 bits per heavy atom. The molecule has 104 valence electrons. The topological polar surface area (TPSA) is 29.1 Å². The average molecular weight is 284 g/mol. The Morgan fingerprint density at radius 2 is 2.37 bits per heavy atom. The minimum atomic E-state index is -0.399. The third-order valence-electron chi connectivity index (χ3n) is 3.81. The van der Waals surface area contributed by atoms with Crippen LogP contribution in [0.5, 0.6) is 0 Å². The number of carbonyl (C=O) groups is 1. The van der Waals surface area contributed by atoms with Gasteiger partial charge in [-0.05, 0) is 37.0 Å². The zero-order chi connectivity index (χ0) is 13.9. The van der Waals surface area contributed by atoms with Crippen molar-refractivity contribution in [1.82, 2.24) is 5.32 Å². The SMILES string of the molecule is CC1CCCC(CCl)(NC(=O)c2cccc(F)c2)C1. The van der Waals surface area contributed by atoms with E-state index in [0.29, 0.717) is 17.4 Å². The Labute approximate surface area is 118 Å². The monoisotopic (exact) mass is 283 g/mol. The van der Waals surface area contributed by atoms with Crippen LogP contribution < -0.4 is 5.32 Å². The molecule has 0 saturated heterocycles. The van der Waals surface area contributed by atoms with Gasteiger partial charge in [0.15, 0.2) is 0 Å². The third-order valence-corrected chi connectivity index (χ3v) is 4.32. The number of carbonyl (C=O) groups excluding carboxylic acids is 1. The summed E-state index contributed by atoms with van der Waals surface area (Å²) in [6, 6.07) is 5.74. The summed E-state index contributed by atoms with van der Waals surface area (Å²) in [5, 5.41) is 3.02. The minimum absolute atomic E-state index is 0.241. The summed E-state index contributed by atoms with van der Waals surface area (Å²) in [6.45, 7) is 2.18. The first kappa shape index (κ1) is 14.3. The van der Waals surface area contributed by atoms with Crippen LogP contribution >= 0.6 is 11.6 Å². The van der Waals surface area contributed by atoms with Gasteiger partial charge in [-0.2, -0.15) is 0 Å². The lowest BCUT2D eigenvalue weighted by Gasteiger charge is -2.39. The summed E-state index contributed by atoms with van der Waals surface area (Å²) >= 11 is 6.08. The lowest BCUT2D eigenvalue weighted by atomic mass is 9.77. The first-order chi connectivity index (χ1) is 9.04. The van der Waals surface area contributed by atoms with Crippen LogP contribution in [-0.2, 0) is 0 Å². The molecule has 2 unspecified atom stereocenters. The highest BCUT2D eigenvalue weighted by Crippen LogP contribution is 2.33. The van der Waals surface area contributed by atoms with Crippen LogP contribution in [-0.4, -0.2) is 17.3 Å². The van der Waals surface area contributed by atoms with Gasteiger partial charge >= 0.3 is 0 Å². The van der Waals surface area contributed by atoms with Gasteiger partial charge in [0, 0.05) is 11.4 Å². The van der Waals surface area contributed by atoms with E-state index in [1.165, 1.54) is 18.6 Å². The van der Waals surface area contributed by atoms with E-state index in [2.05, 4.69) is 12.2 Å². The van der Waals surface area contributed by atoms with Crippen molar-refractivity contribution in [2.45, 2.75) is 38.1 Å². The molecule has 2 atom stereocenters. The van der Waals surface area contributed by atoms with Gasteiger partial charge in [-0.3, -0.25) is 4.79 Å². The first-order valence-electron chi connectivity index (χ1n) is 6.69. The van der Waals surface area contributed by atoms with Gasteiger partial charge in [-0.1, -0.05) is 25.8 Å². The van der Waals surface area contributed by atoms with Crippen molar-refractivity contribution < 1.29 is 9.18 Å². The number of hydrogen-bond acceptors (Lipinski definition) is 1. The van der Waals surface area contributed by atoms with Crippen molar-refractivity contribution in [3.63, 3.8) is 0 Å². The molecule has 2 nitrogen and oxygen atoms in total. The number of alkyl halides is 1. The Morgan fingerprint density at radius 1 is 1.58 bits per heavy atom. The molecule has 4 heteroatoms. The molecule has 1 aliphatic rings. The molecule has 2 rings (SSSR count). The van der Waals surface area contributed by atoms with Crippen LogP contribution in [0.15, 0.2) is 24.3 Å². The maximum absolute atomic E-state index is 13.1. The van der Waals surface area contributed by atoms with Crippen molar-refractivity contribution in [2.75, 3.05) is 5.88 Å². The molecule has 19 heavy (non-hydrogen) atoms. The second-order valence-electron chi connectivity index (χ2n) is 5.58. The van der Waals surface area contributed by atoms with Crippen molar-refractivity contribution in [3.05, 3.63) is 35.6 Å². The number of benzene rings is 1. The van der Waals surface area contributed by atoms with Crippen molar-refractivity contribution >= 4 is 17.5 Å². The van der Waals surface area contributed by atoms with E-state index < -0.39 is 5.82 Å². The average Bonchev–Trinajstić information content (AvgIpc) is 2.38. The Hall–Kier alpha value is -1.09. The molecule has 1 saturated carbocycles. The summed E-state index contributed by atoms with van der Waals surface area (Å²) in [5.74, 6) is 0.317. The Bertz CT molecular complexity index is 465. The van der Waals surface area contributed by atoms with Crippen molar-refractivity contribution in [2.24, 2.45) is 5.92 Å². The summed E-state index contributed by atoms with van der Waals surface area (Å²) in [5.41, 5.74) is 0.00512. The van der Waals surface area contributed by atoms with Crippen LogP contribution in [0.4, 0.5) is 4.39 Å². The summed E-state index contributed by atoms with van der Waals surface area (Å²) in [6.07, 6.45) is 4.02. The van der Waals surface area contributed by atoms with E-state index in [0.717, 1.165) is 19.3 Å². The lowest BCUT2D eigenvalue weighted by molar-refractivity contribution is 0.0867. The fraction of sp³-hybridized carbons (Fsp3) is 0.533. The number of halogens is 2. The number of amides is 1. The highest BCUT2D eigenvalue weighted by atomic mass is 35.5. The van der Waals surface area contributed by atoms with E-state index in [1.54, 1.807) is 12.1 Å². The maximum atomic E-state index is 13.1. The van der Waals surface area contributed by atoms with Crippen LogP contribution in [0.25, 0.3) is 0 Å². The molecule has 0 radical (unpaired) electrons. The zero-order valence-electron chi connectivity index (χ0n) is 11.1. The van der Waals surface area contributed by atoms with E-state index in [1.807, 2.05) is 0 Å². The molecule has 1 aromatic rings. The normalized spacial score (nSPS) is 27.0.